The Morgan fingerprint density at radius 1 is 1.43 bits per heavy atom. The first-order chi connectivity index (χ1) is 11.1. The molecule has 1 aromatic carbocycles. The lowest BCUT2D eigenvalue weighted by molar-refractivity contribution is 0.126. The standard InChI is InChI=1S/C15H20FN3O3S/c1-2-3-8-19-14(21)17-18-15(19)23-10-12(20)9-22-13-6-4-11(16)5-7-13/h4-7,12,20H,2-3,8-10H2,1H3,(H,17,21). The van der Waals surface area contributed by atoms with Gasteiger partial charge in [0.05, 0.1) is 6.10 Å². The molecular weight excluding hydrogens is 321 g/mol. The second-order valence-corrected chi connectivity index (χ2v) is 6.03. The highest BCUT2D eigenvalue weighted by molar-refractivity contribution is 7.99. The van der Waals surface area contributed by atoms with Crippen LogP contribution in [0.25, 0.3) is 0 Å². The third-order valence-corrected chi connectivity index (χ3v) is 4.24. The number of thioether (sulfide) groups is 1. The smallest absolute Gasteiger partial charge is 0.343 e. The van der Waals surface area contributed by atoms with Crippen molar-refractivity contribution < 1.29 is 14.2 Å². The molecule has 0 radical (unpaired) electrons. The van der Waals surface area contributed by atoms with Crippen molar-refractivity contribution in [3.8, 4) is 5.75 Å². The van der Waals surface area contributed by atoms with Crippen molar-refractivity contribution in [1.82, 2.24) is 14.8 Å². The van der Waals surface area contributed by atoms with Crippen molar-refractivity contribution >= 4 is 11.8 Å². The van der Waals surface area contributed by atoms with Crippen molar-refractivity contribution in [2.24, 2.45) is 0 Å². The van der Waals surface area contributed by atoms with Gasteiger partial charge in [-0.3, -0.25) is 4.57 Å². The van der Waals surface area contributed by atoms with Gasteiger partial charge in [0.25, 0.3) is 0 Å². The van der Waals surface area contributed by atoms with Crippen LogP contribution < -0.4 is 10.4 Å². The molecular formula is C15H20FN3O3S. The van der Waals surface area contributed by atoms with Crippen molar-refractivity contribution in [3.63, 3.8) is 0 Å². The van der Waals surface area contributed by atoms with Crippen molar-refractivity contribution in [1.29, 1.82) is 0 Å². The highest BCUT2D eigenvalue weighted by Crippen LogP contribution is 2.16. The van der Waals surface area contributed by atoms with Gasteiger partial charge in [0.2, 0.25) is 0 Å². The lowest BCUT2D eigenvalue weighted by atomic mass is 10.3. The number of hydrogen-bond donors (Lipinski definition) is 2. The van der Waals surface area contributed by atoms with Crippen LogP contribution in [0.15, 0.2) is 34.2 Å². The third kappa shape index (κ3) is 5.40. The molecule has 0 amide bonds. The fourth-order valence-corrected chi connectivity index (χ4v) is 2.75. The summed E-state index contributed by atoms with van der Waals surface area (Å²) in [5.41, 5.74) is -0.238. The number of hydrogen-bond acceptors (Lipinski definition) is 5. The molecule has 0 saturated heterocycles. The van der Waals surface area contributed by atoms with Gasteiger partial charge >= 0.3 is 5.69 Å². The number of nitrogens with zero attached hydrogens (tertiary/aromatic N) is 2. The number of ether oxygens (including phenoxy) is 1. The van der Waals surface area contributed by atoms with Gasteiger partial charge in [-0.05, 0) is 30.7 Å². The molecule has 2 N–H and O–H groups in total. The summed E-state index contributed by atoms with van der Waals surface area (Å²) in [7, 11) is 0. The van der Waals surface area contributed by atoms with Crippen LogP contribution in [0.3, 0.4) is 0 Å². The Morgan fingerprint density at radius 3 is 2.87 bits per heavy atom. The first kappa shape index (κ1) is 17.6. The third-order valence-electron chi connectivity index (χ3n) is 3.12. The van der Waals surface area contributed by atoms with Gasteiger partial charge < -0.3 is 9.84 Å². The van der Waals surface area contributed by atoms with Crippen LogP contribution in [-0.2, 0) is 6.54 Å². The van der Waals surface area contributed by atoms with Crippen LogP contribution in [0.2, 0.25) is 0 Å². The van der Waals surface area contributed by atoms with E-state index in [0.29, 0.717) is 23.2 Å². The van der Waals surface area contributed by atoms with Gasteiger partial charge in [0, 0.05) is 12.3 Å². The zero-order valence-electron chi connectivity index (χ0n) is 12.9. The SMILES string of the molecule is CCCCn1c(SCC(O)COc2ccc(F)cc2)n[nH]c1=O. The quantitative estimate of drug-likeness (QED) is 0.682. The molecule has 0 aliphatic heterocycles. The Bertz CT molecular complexity index is 657. The molecule has 8 heteroatoms. The molecule has 1 aromatic heterocycles. The molecule has 0 fully saturated rings. The highest BCUT2D eigenvalue weighted by atomic mass is 32.2. The fraction of sp³-hybridized carbons (Fsp3) is 0.467. The predicted molar refractivity (Wildman–Crippen MR) is 86.4 cm³/mol. The van der Waals surface area contributed by atoms with Crippen LogP contribution in [0.5, 0.6) is 5.75 Å². The monoisotopic (exact) mass is 341 g/mol. The van der Waals surface area contributed by atoms with Crippen LogP contribution in [0.1, 0.15) is 19.8 Å². The zero-order chi connectivity index (χ0) is 16.7. The molecule has 0 aliphatic rings. The Hall–Kier alpha value is -1.80. The second kappa shape index (κ2) is 8.73. The molecule has 2 aromatic rings. The number of unbranched alkanes of at least 4 members (excludes halogenated alkanes) is 1. The first-order valence-electron chi connectivity index (χ1n) is 7.44. The normalized spacial score (nSPS) is 12.3. The highest BCUT2D eigenvalue weighted by Gasteiger charge is 2.12. The minimum Gasteiger partial charge on any atom is -0.491 e. The Morgan fingerprint density at radius 2 is 2.17 bits per heavy atom. The van der Waals surface area contributed by atoms with Gasteiger partial charge in [-0.25, -0.2) is 14.3 Å². The average Bonchev–Trinajstić information content (AvgIpc) is 2.90. The summed E-state index contributed by atoms with van der Waals surface area (Å²) in [6.07, 6.45) is 1.15. The van der Waals surface area contributed by atoms with E-state index in [4.69, 9.17) is 4.74 Å². The van der Waals surface area contributed by atoms with Crippen molar-refractivity contribution in [2.45, 2.75) is 37.6 Å². The summed E-state index contributed by atoms with van der Waals surface area (Å²) in [4.78, 5) is 11.6. The van der Waals surface area contributed by atoms with E-state index in [1.54, 1.807) is 4.57 Å². The van der Waals surface area contributed by atoms with Gasteiger partial charge in [-0.15, -0.1) is 5.10 Å². The van der Waals surface area contributed by atoms with E-state index in [1.807, 2.05) is 0 Å². The number of aliphatic hydroxyl groups is 1. The van der Waals surface area contributed by atoms with Crippen molar-refractivity contribution in [3.05, 3.63) is 40.6 Å². The van der Waals surface area contributed by atoms with Gasteiger partial charge in [-0.1, -0.05) is 25.1 Å². The Kier molecular flexibility index (Phi) is 6.66. The summed E-state index contributed by atoms with van der Waals surface area (Å²) in [5.74, 6) is 0.504. The fourth-order valence-electron chi connectivity index (χ4n) is 1.87. The summed E-state index contributed by atoms with van der Waals surface area (Å²) in [6, 6.07) is 5.61. The number of aromatic nitrogens is 3. The molecule has 0 saturated carbocycles. The minimum atomic E-state index is -0.725. The number of aliphatic hydroxyl groups excluding tert-OH is 1. The minimum absolute atomic E-state index is 0.0856. The molecule has 0 bridgehead atoms. The largest absolute Gasteiger partial charge is 0.491 e. The van der Waals surface area contributed by atoms with E-state index in [-0.39, 0.29) is 18.1 Å². The average molecular weight is 341 g/mol. The maximum atomic E-state index is 12.8. The summed E-state index contributed by atoms with van der Waals surface area (Å²) >= 11 is 1.29. The lowest BCUT2D eigenvalue weighted by Gasteiger charge is -2.12. The second-order valence-electron chi connectivity index (χ2n) is 5.05. The predicted octanol–water partition coefficient (Wildman–Crippen LogP) is 2.04. The van der Waals surface area contributed by atoms with E-state index in [1.165, 1.54) is 36.0 Å². The number of nitrogens with one attached hydrogen (secondary N) is 1. The van der Waals surface area contributed by atoms with Gasteiger partial charge in [0.1, 0.15) is 18.2 Å². The molecule has 1 heterocycles. The first-order valence-corrected chi connectivity index (χ1v) is 8.43. The number of H-pyrrole nitrogens is 1. The van der Waals surface area contributed by atoms with E-state index < -0.39 is 6.10 Å². The molecule has 1 unspecified atom stereocenters. The number of halogens is 1. The van der Waals surface area contributed by atoms with Crippen LogP contribution in [0.4, 0.5) is 4.39 Å². The number of aromatic amines is 1. The summed E-state index contributed by atoms with van der Waals surface area (Å²) in [5, 5.41) is 16.9. The maximum Gasteiger partial charge on any atom is 0.343 e. The van der Waals surface area contributed by atoms with Crippen LogP contribution in [-0.4, -0.2) is 38.3 Å². The molecule has 0 aliphatic carbocycles. The molecule has 1 atom stereocenters. The summed E-state index contributed by atoms with van der Waals surface area (Å²) < 4.78 is 19.7. The maximum absolute atomic E-state index is 12.8. The molecule has 6 nitrogen and oxygen atoms in total. The molecule has 23 heavy (non-hydrogen) atoms. The van der Waals surface area contributed by atoms with Gasteiger partial charge in [0.15, 0.2) is 5.16 Å². The van der Waals surface area contributed by atoms with Crippen molar-refractivity contribution in [2.75, 3.05) is 12.4 Å². The van der Waals surface area contributed by atoms with Crippen LogP contribution in [0, 0.1) is 5.82 Å². The topological polar surface area (TPSA) is 80.1 Å². The Balaban J connectivity index is 1.81. The molecule has 2 rings (SSSR count). The zero-order valence-corrected chi connectivity index (χ0v) is 13.7. The van der Waals surface area contributed by atoms with E-state index in [2.05, 4.69) is 17.1 Å². The number of benzene rings is 1. The van der Waals surface area contributed by atoms with Gasteiger partial charge in [-0.2, -0.15) is 0 Å². The van der Waals surface area contributed by atoms with E-state index >= 15 is 0 Å². The lowest BCUT2D eigenvalue weighted by Crippen LogP contribution is -2.21. The Labute approximate surface area is 137 Å². The van der Waals surface area contributed by atoms with E-state index in [9.17, 15) is 14.3 Å². The molecule has 126 valence electrons. The molecule has 0 spiro atoms. The number of rotatable bonds is 9. The van der Waals surface area contributed by atoms with Crippen LogP contribution >= 0.6 is 11.8 Å². The summed E-state index contributed by atoms with van der Waals surface area (Å²) in [6.45, 7) is 2.74. The van der Waals surface area contributed by atoms with E-state index in [0.717, 1.165) is 12.8 Å².